The summed E-state index contributed by atoms with van der Waals surface area (Å²) in [6, 6.07) is 0.0775. The zero-order valence-corrected chi connectivity index (χ0v) is 10.4. The number of likely N-dealkylation sites (tertiary alicyclic amines) is 1. The number of hydrogen-bond acceptors (Lipinski definition) is 3. The zero-order chi connectivity index (χ0) is 11.7. The van der Waals surface area contributed by atoms with Crippen LogP contribution in [-0.2, 0) is 9.53 Å². The number of rotatable bonds is 1. The van der Waals surface area contributed by atoms with Gasteiger partial charge >= 0.3 is 0 Å². The van der Waals surface area contributed by atoms with Gasteiger partial charge in [0.15, 0.2) is 0 Å². The molecule has 1 spiro atoms. The van der Waals surface area contributed by atoms with E-state index in [1.807, 2.05) is 4.90 Å². The van der Waals surface area contributed by atoms with Crippen molar-refractivity contribution in [2.75, 3.05) is 26.2 Å². The van der Waals surface area contributed by atoms with Crippen molar-refractivity contribution in [1.29, 1.82) is 0 Å². The summed E-state index contributed by atoms with van der Waals surface area (Å²) >= 11 is 0. The van der Waals surface area contributed by atoms with Gasteiger partial charge in [-0.1, -0.05) is 0 Å². The van der Waals surface area contributed by atoms with Crippen LogP contribution < -0.4 is 5.32 Å². The summed E-state index contributed by atoms with van der Waals surface area (Å²) in [6.07, 6.45) is 6.74. The number of nitrogens with one attached hydrogen (secondary N) is 1. The van der Waals surface area contributed by atoms with Gasteiger partial charge in [0.2, 0.25) is 5.91 Å². The van der Waals surface area contributed by atoms with Crippen molar-refractivity contribution in [3.8, 4) is 0 Å². The molecule has 3 aliphatic rings. The first kappa shape index (κ1) is 11.5. The van der Waals surface area contributed by atoms with Gasteiger partial charge in [-0.05, 0) is 45.1 Å². The fourth-order valence-corrected chi connectivity index (χ4v) is 3.38. The van der Waals surface area contributed by atoms with Gasteiger partial charge in [-0.25, -0.2) is 0 Å². The summed E-state index contributed by atoms with van der Waals surface area (Å²) in [5, 5.41) is 3.29. The molecule has 0 aromatic heterocycles. The molecule has 0 bridgehead atoms. The fraction of sp³-hybridized carbons (Fsp3) is 0.923. The second kappa shape index (κ2) is 4.58. The standard InChI is InChI=1S/C13H22N2O2/c16-12(11-4-3-7-14-11)15-8-6-13(10-15)5-1-2-9-17-13/h11,14H,1-10H2/t11-,13+/m0/s1. The van der Waals surface area contributed by atoms with E-state index in [2.05, 4.69) is 5.32 Å². The third-order valence-electron chi connectivity index (χ3n) is 4.42. The van der Waals surface area contributed by atoms with E-state index in [0.717, 1.165) is 51.9 Å². The Morgan fingerprint density at radius 2 is 2.24 bits per heavy atom. The van der Waals surface area contributed by atoms with Gasteiger partial charge in [0.1, 0.15) is 0 Å². The van der Waals surface area contributed by atoms with E-state index in [1.54, 1.807) is 0 Å². The molecule has 0 aliphatic carbocycles. The second-order valence-electron chi connectivity index (χ2n) is 5.65. The number of hydrogen-bond donors (Lipinski definition) is 1. The lowest BCUT2D eigenvalue weighted by Gasteiger charge is -2.33. The van der Waals surface area contributed by atoms with Crippen LogP contribution in [0.3, 0.4) is 0 Å². The number of amides is 1. The van der Waals surface area contributed by atoms with E-state index in [4.69, 9.17) is 4.74 Å². The van der Waals surface area contributed by atoms with Crippen molar-refractivity contribution < 1.29 is 9.53 Å². The van der Waals surface area contributed by atoms with Gasteiger partial charge in [-0.15, -0.1) is 0 Å². The molecule has 0 aromatic rings. The molecule has 0 saturated carbocycles. The minimum atomic E-state index is 0.00646. The Kier molecular flexibility index (Phi) is 3.09. The lowest BCUT2D eigenvalue weighted by atomic mass is 9.93. The third-order valence-corrected chi connectivity index (χ3v) is 4.42. The highest BCUT2D eigenvalue weighted by atomic mass is 16.5. The van der Waals surface area contributed by atoms with Gasteiger partial charge in [0, 0.05) is 19.7 Å². The number of ether oxygens (including phenoxy) is 1. The minimum absolute atomic E-state index is 0.00646. The van der Waals surface area contributed by atoms with E-state index >= 15 is 0 Å². The van der Waals surface area contributed by atoms with E-state index in [9.17, 15) is 4.79 Å². The molecule has 17 heavy (non-hydrogen) atoms. The first-order valence-corrected chi connectivity index (χ1v) is 6.95. The monoisotopic (exact) mass is 238 g/mol. The molecule has 4 nitrogen and oxygen atoms in total. The summed E-state index contributed by atoms with van der Waals surface area (Å²) < 4.78 is 5.96. The second-order valence-corrected chi connectivity index (χ2v) is 5.65. The molecule has 1 N–H and O–H groups in total. The maximum Gasteiger partial charge on any atom is 0.239 e. The first-order valence-electron chi connectivity index (χ1n) is 6.95. The molecule has 1 amide bonds. The van der Waals surface area contributed by atoms with Crippen molar-refractivity contribution >= 4 is 5.91 Å². The number of carbonyl (C=O) groups excluding carboxylic acids is 1. The fourth-order valence-electron chi connectivity index (χ4n) is 3.38. The zero-order valence-electron chi connectivity index (χ0n) is 10.4. The van der Waals surface area contributed by atoms with Crippen LogP contribution >= 0.6 is 0 Å². The summed E-state index contributed by atoms with van der Waals surface area (Å²) in [7, 11) is 0. The van der Waals surface area contributed by atoms with Gasteiger partial charge in [0.25, 0.3) is 0 Å². The van der Waals surface area contributed by atoms with Crippen LogP contribution in [0.1, 0.15) is 38.5 Å². The van der Waals surface area contributed by atoms with Gasteiger partial charge in [-0.3, -0.25) is 4.79 Å². The smallest absolute Gasteiger partial charge is 0.239 e. The highest BCUT2D eigenvalue weighted by Gasteiger charge is 2.43. The lowest BCUT2D eigenvalue weighted by Crippen LogP contribution is -2.45. The molecule has 0 aromatic carbocycles. The number of nitrogens with zero attached hydrogens (tertiary/aromatic N) is 1. The maximum absolute atomic E-state index is 12.3. The van der Waals surface area contributed by atoms with E-state index in [1.165, 1.54) is 12.8 Å². The summed E-state index contributed by atoms with van der Waals surface area (Å²) in [5.41, 5.74) is 0.00646. The van der Waals surface area contributed by atoms with Gasteiger partial charge in [-0.2, -0.15) is 0 Å². The quantitative estimate of drug-likeness (QED) is 0.738. The van der Waals surface area contributed by atoms with E-state index < -0.39 is 0 Å². The van der Waals surface area contributed by atoms with Crippen LogP contribution in [0.4, 0.5) is 0 Å². The number of carbonyl (C=O) groups is 1. The molecular weight excluding hydrogens is 216 g/mol. The molecular formula is C13H22N2O2. The Morgan fingerprint density at radius 3 is 2.94 bits per heavy atom. The summed E-state index contributed by atoms with van der Waals surface area (Å²) in [5.74, 6) is 0.300. The topological polar surface area (TPSA) is 41.6 Å². The third kappa shape index (κ3) is 2.20. The summed E-state index contributed by atoms with van der Waals surface area (Å²) in [4.78, 5) is 14.3. The van der Waals surface area contributed by atoms with Crippen LogP contribution in [-0.4, -0.2) is 48.7 Å². The molecule has 3 rings (SSSR count). The van der Waals surface area contributed by atoms with Crippen molar-refractivity contribution in [1.82, 2.24) is 10.2 Å². The van der Waals surface area contributed by atoms with Crippen molar-refractivity contribution in [3.05, 3.63) is 0 Å². The highest BCUT2D eigenvalue weighted by Crippen LogP contribution is 2.34. The Balaban J connectivity index is 1.60. The molecule has 4 heteroatoms. The average Bonchev–Trinajstić information content (AvgIpc) is 2.99. The van der Waals surface area contributed by atoms with Crippen molar-refractivity contribution in [2.24, 2.45) is 0 Å². The molecule has 96 valence electrons. The Hall–Kier alpha value is -0.610. The van der Waals surface area contributed by atoms with Crippen LogP contribution in [0, 0.1) is 0 Å². The summed E-state index contributed by atoms with van der Waals surface area (Å²) in [6.45, 7) is 3.58. The Labute approximate surface area is 103 Å². The van der Waals surface area contributed by atoms with Crippen molar-refractivity contribution in [3.63, 3.8) is 0 Å². The van der Waals surface area contributed by atoms with Crippen molar-refractivity contribution in [2.45, 2.75) is 50.2 Å². The minimum Gasteiger partial charge on any atom is -0.373 e. The van der Waals surface area contributed by atoms with Gasteiger partial charge in [0.05, 0.1) is 11.6 Å². The maximum atomic E-state index is 12.3. The molecule has 0 unspecified atom stereocenters. The predicted molar refractivity (Wildman–Crippen MR) is 64.8 cm³/mol. The highest BCUT2D eigenvalue weighted by molar-refractivity contribution is 5.82. The van der Waals surface area contributed by atoms with Crippen LogP contribution in [0.25, 0.3) is 0 Å². The Morgan fingerprint density at radius 1 is 1.29 bits per heavy atom. The lowest BCUT2D eigenvalue weighted by molar-refractivity contribution is -0.134. The van der Waals surface area contributed by atoms with E-state index in [-0.39, 0.29) is 11.6 Å². The molecule has 3 aliphatic heterocycles. The molecule has 2 atom stereocenters. The molecule has 3 saturated heterocycles. The average molecular weight is 238 g/mol. The van der Waals surface area contributed by atoms with E-state index in [0.29, 0.717) is 5.91 Å². The van der Waals surface area contributed by atoms with Gasteiger partial charge < -0.3 is 15.0 Å². The Bertz CT molecular complexity index is 294. The molecule has 0 radical (unpaired) electrons. The van der Waals surface area contributed by atoms with Crippen LogP contribution in [0.15, 0.2) is 0 Å². The predicted octanol–water partition coefficient (Wildman–Crippen LogP) is 0.910. The molecule has 3 heterocycles. The SMILES string of the molecule is O=C([C@@H]1CCCN1)N1CC[C@]2(CCCCO2)C1. The molecule has 3 fully saturated rings. The largest absolute Gasteiger partial charge is 0.373 e. The van der Waals surface area contributed by atoms with Crippen LogP contribution in [0.5, 0.6) is 0 Å². The normalized spacial score (nSPS) is 37.9. The van der Waals surface area contributed by atoms with Crippen LogP contribution in [0.2, 0.25) is 0 Å². The first-order chi connectivity index (χ1) is 8.29.